The number of amides is 2. The normalized spacial score (nSPS) is 19.3. The predicted molar refractivity (Wildman–Crippen MR) is 103 cm³/mol. The average molecular weight is 374 g/mol. The molecular weight excluding hydrogens is 344 g/mol. The first-order valence-electron chi connectivity index (χ1n) is 9.59. The van der Waals surface area contributed by atoms with E-state index in [1.165, 1.54) is 0 Å². The second-order valence-electron chi connectivity index (χ2n) is 7.63. The van der Waals surface area contributed by atoms with Crippen LogP contribution < -0.4 is 10.6 Å². The minimum atomic E-state index is -0.455. The van der Waals surface area contributed by atoms with Gasteiger partial charge in [0.25, 0.3) is 0 Å². The number of nitrogens with one attached hydrogen (secondary N) is 2. The lowest BCUT2D eigenvalue weighted by Crippen LogP contribution is -2.34. The Morgan fingerprint density at radius 1 is 1.19 bits per heavy atom. The Kier molecular flexibility index (Phi) is 7.39. The molecule has 1 aliphatic carbocycles. The molecule has 6 heteroatoms. The van der Waals surface area contributed by atoms with Gasteiger partial charge in [0.05, 0.1) is 18.6 Å². The molecule has 6 nitrogen and oxygen atoms in total. The standard InChI is InChI=1S/C21H30N2O4/c1-13(2)27-20(25)12-18(16-7-5-14(3)6-8-16)23-19(24)9-10-22-21(26)17-11-15(17)4/h5-8,13,15,17-18H,9-12H2,1-4H3,(H,22,26)(H,23,24). The largest absolute Gasteiger partial charge is 0.463 e. The minimum Gasteiger partial charge on any atom is -0.463 e. The molecule has 2 N–H and O–H groups in total. The highest BCUT2D eigenvalue weighted by molar-refractivity contribution is 5.82. The Morgan fingerprint density at radius 3 is 2.37 bits per heavy atom. The maximum Gasteiger partial charge on any atom is 0.308 e. The quantitative estimate of drug-likeness (QED) is 0.651. The van der Waals surface area contributed by atoms with Crippen LogP contribution in [-0.2, 0) is 19.1 Å². The molecule has 0 heterocycles. The highest BCUT2D eigenvalue weighted by Crippen LogP contribution is 2.37. The number of benzene rings is 1. The van der Waals surface area contributed by atoms with Crippen LogP contribution in [0.4, 0.5) is 0 Å². The van der Waals surface area contributed by atoms with E-state index < -0.39 is 6.04 Å². The Bertz CT molecular complexity index is 669. The third-order valence-electron chi connectivity index (χ3n) is 4.65. The van der Waals surface area contributed by atoms with Crippen LogP contribution in [0, 0.1) is 18.8 Å². The van der Waals surface area contributed by atoms with Crippen molar-refractivity contribution in [1.29, 1.82) is 0 Å². The molecule has 3 unspecified atom stereocenters. The molecule has 3 atom stereocenters. The zero-order valence-corrected chi connectivity index (χ0v) is 16.6. The number of rotatable bonds is 9. The summed E-state index contributed by atoms with van der Waals surface area (Å²) in [6.45, 7) is 7.90. The molecule has 0 bridgehead atoms. The molecule has 0 radical (unpaired) electrons. The van der Waals surface area contributed by atoms with Crippen LogP contribution in [-0.4, -0.2) is 30.4 Å². The maximum atomic E-state index is 12.3. The summed E-state index contributed by atoms with van der Waals surface area (Å²) in [5.74, 6) is -0.00394. The molecule has 0 aromatic heterocycles. The Morgan fingerprint density at radius 2 is 1.81 bits per heavy atom. The van der Waals surface area contributed by atoms with Gasteiger partial charge in [0.1, 0.15) is 0 Å². The van der Waals surface area contributed by atoms with E-state index in [0.29, 0.717) is 12.5 Å². The lowest BCUT2D eigenvalue weighted by molar-refractivity contribution is -0.148. The molecule has 0 saturated heterocycles. The third kappa shape index (κ3) is 7.04. The van der Waals surface area contributed by atoms with Gasteiger partial charge in [-0.3, -0.25) is 14.4 Å². The zero-order chi connectivity index (χ0) is 20.0. The Labute approximate surface area is 161 Å². The van der Waals surface area contributed by atoms with Gasteiger partial charge in [0, 0.05) is 18.9 Å². The van der Waals surface area contributed by atoms with Gasteiger partial charge in [0.2, 0.25) is 11.8 Å². The number of esters is 1. The zero-order valence-electron chi connectivity index (χ0n) is 16.6. The van der Waals surface area contributed by atoms with Gasteiger partial charge in [-0.15, -0.1) is 0 Å². The van der Waals surface area contributed by atoms with Crippen molar-refractivity contribution in [3.05, 3.63) is 35.4 Å². The molecule has 27 heavy (non-hydrogen) atoms. The molecule has 1 fully saturated rings. The molecular formula is C21H30N2O4. The number of aryl methyl sites for hydroxylation is 1. The lowest BCUT2D eigenvalue weighted by atomic mass is 10.0. The van der Waals surface area contributed by atoms with Crippen molar-refractivity contribution in [2.45, 2.75) is 59.1 Å². The minimum absolute atomic E-state index is 0.0193. The summed E-state index contributed by atoms with van der Waals surface area (Å²) in [5.41, 5.74) is 1.95. The van der Waals surface area contributed by atoms with Gasteiger partial charge >= 0.3 is 5.97 Å². The van der Waals surface area contributed by atoms with Gasteiger partial charge in [-0.1, -0.05) is 36.8 Å². The molecule has 1 aromatic carbocycles. The Balaban J connectivity index is 1.89. The van der Waals surface area contributed by atoms with Crippen LogP contribution in [0.1, 0.15) is 57.2 Å². The van der Waals surface area contributed by atoms with E-state index in [1.807, 2.05) is 38.1 Å². The van der Waals surface area contributed by atoms with E-state index >= 15 is 0 Å². The van der Waals surface area contributed by atoms with Gasteiger partial charge in [-0.2, -0.15) is 0 Å². The summed E-state index contributed by atoms with van der Waals surface area (Å²) in [7, 11) is 0. The topological polar surface area (TPSA) is 84.5 Å². The van der Waals surface area contributed by atoms with E-state index in [2.05, 4.69) is 10.6 Å². The average Bonchev–Trinajstić information content (AvgIpc) is 3.31. The van der Waals surface area contributed by atoms with E-state index in [9.17, 15) is 14.4 Å². The first kappa shape index (κ1) is 20.9. The SMILES string of the molecule is Cc1ccc(C(CC(=O)OC(C)C)NC(=O)CCNC(=O)C2CC2C)cc1. The molecule has 1 aromatic rings. The van der Waals surface area contributed by atoms with Crippen LogP contribution in [0.5, 0.6) is 0 Å². The van der Waals surface area contributed by atoms with Gasteiger partial charge in [0.15, 0.2) is 0 Å². The monoisotopic (exact) mass is 374 g/mol. The van der Waals surface area contributed by atoms with Crippen molar-refractivity contribution in [3.63, 3.8) is 0 Å². The highest BCUT2D eigenvalue weighted by Gasteiger charge is 2.38. The molecule has 2 amide bonds. The fourth-order valence-corrected chi connectivity index (χ4v) is 2.91. The van der Waals surface area contributed by atoms with Crippen LogP contribution in [0.3, 0.4) is 0 Å². The first-order chi connectivity index (χ1) is 12.8. The third-order valence-corrected chi connectivity index (χ3v) is 4.65. The van der Waals surface area contributed by atoms with Crippen molar-refractivity contribution in [2.24, 2.45) is 11.8 Å². The number of hydrogen-bond acceptors (Lipinski definition) is 4. The first-order valence-corrected chi connectivity index (χ1v) is 9.59. The van der Waals surface area contributed by atoms with Crippen molar-refractivity contribution in [3.8, 4) is 0 Å². The summed E-state index contributed by atoms with van der Waals surface area (Å²) >= 11 is 0. The van der Waals surface area contributed by atoms with Gasteiger partial charge in [-0.05, 0) is 38.7 Å². The van der Waals surface area contributed by atoms with E-state index in [0.717, 1.165) is 17.5 Å². The fourth-order valence-electron chi connectivity index (χ4n) is 2.91. The second kappa shape index (κ2) is 9.53. The summed E-state index contributed by atoms with van der Waals surface area (Å²) in [4.78, 5) is 36.2. The van der Waals surface area contributed by atoms with Crippen molar-refractivity contribution >= 4 is 17.8 Å². The number of ether oxygens (including phenoxy) is 1. The number of carbonyl (C=O) groups is 3. The van der Waals surface area contributed by atoms with Crippen molar-refractivity contribution in [2.75, 3.05) is 6.54 Å². The van der Waals surface area contributed by atoms with Gasteiger partial charge in [-0.25, -0.2) is 0 Å². The van der Waals surface area contributed by atoms with Crippen molar-refractivity contribution in [1.82, 2.24) is 10.6 Å². The molecule has 1 aliphatic rings. The Hall–Kier alpha value is -2.37. The van der Waals surface area contributed by atoms with Crippen molar-refractivity contribution < 1.29 is 19.1 Å². The van der Waals surface area contributed by atoms with Crippen LogP contribution in [0.2, 0.25) is 0 Å². The predicted octanol–water partition coefficient (Wildman–Crippen LogP) is 2.66. The molecule has 148 valence electrons. The molecule has 2 rings (SSSR count). The molecule has 0 aliphatic heterocycles. The van der Waals surface area contributed by atoms with E-state index in [1.54, 1.807) is 13.8 Å². The summed E-state index contributed by atoms with van der Waals surface area (Å²) < 4.78 is 5.22. The maximum absolute atomic E-state index is 12.3. The summed E-state index contributed by atoms with van der Waals surface area (Å²) in [6.07, 6.45) is 0.964. The van der Waals surface area contributed by atoms with E-state index in [4.69, 9.17) is 4.74 Å². The lowest BCUT2D eigenvalue weighted by Gasteiger charge is -2.20. The molecule has 0 spiro atoms. The molecule has 1 saturated carbocycles. The van der Waals surface area contributed by atoms with Gasteiger partial charge < -0.3 is 15.4 Å². The van der Waals surface area contributed by atoms with E-state index in [-0.39, 0.29) is 42.6 Å². The summed E-state index contributed by atoms with van der Waals surface area (Å²) in [6, 6.07) is 7.24. The highest BCUT2D eigenvalue weighted by atomic mass is 16.5. The number of carbonyl (C=O) groups excluding carboxylic acids is 3. The fraction of sp³-hybridized carbons (Fsp3) is 0.571. The smallest absolute Gasteiger partial charge is 0.308 e. The summed E-state index contributed by atoms with van der Waals surface area (Å²) in [5, 5.41) is 5.70. The van der Waals surface area contributed by atoms with Crippen LogP contribution in [0.15, 0.2) is 24.3 Å². The second-order valence-corrected chi connectivity index (χ2v) is 7.63. The van der Waals surface area contributed by atoms with Crippen LogP contribution in [0.25, 0.3) is 0 Å². The van der Waals surface area contributed by atoms with Crippen LogP contribution >= 0.6 is 0 Å². The number of hydrogen-bond donors (Lipinski definition) is 2.